The summed E-state index contributed by atoms with van der Waals surface area (Å²) in [5, 5.41) is 17.9. The summed E-state index contributed by atoms with van der Waals surface area (Å²) in [7, 11) is 0. The number of carbonyl (C=O) groups excluding carboxylic acids is 2. The molecule has 0 saturated heterocycles. The standard InChI is InChI=1S/C23H24FN3O6/c24-15-3-1-14(2-4-15)11-25-22(29)10-17-6-7-18(21(12-28)33-17)27-23(30)26-16-5-8-19-20(9-16)32-13-31-19/h1-9,17-18,21,28H,10-13H2,(H,25,29)(H2,26,27,30)/t17-,18-,21-/m1/s1. The van der Waals surface area contributed by atoms with E-state index < -0.39 is 24.3 Å². The number of fused-ring (bicyclic) bond motifs is 1. The minimum absolute atomic E-state index is 0.0459. The van der Waals surface area contributed by atoms with Crippen LogP contribution in [-0.2, 0) is 16.1 Å². The van der Waals surface area contributed by atoms with Crippen molar-refractivity contribution < 1.29 is 33.3 Å². The summed E-state index contributed by atoms with van der Waals surface area (Å²) in [6.07, 6.45) is 2.15. The second kappa shape index (κ2) is 10.3. The molecule has 2 heterocycles. The number of benzene rings is 2. The van der Waals surface area contributed by atoms with Gasteiger partial charge in [0.25, 0.3) is 0 Å². The van der Waals surface area contributed by atoms with Gasteiger partial charge in [0, 0.05) is 18.3 Å². The van der Waals surface area contributed by atoms with Gasteiger partial charge in [-0.25, -0.2) is 9.18 Å². The van der Waals surface area contributed by atoms with Crippen LogP contribution in [0.4, 0.5) is 14.9 Å². The Balaban J connectivity index is 1.26. The average Bonchev–Trinajstić information content (AvgIpc) is 3.27. The SMILES string of the molecule is O=C(C[C@H]1C=C[C@@H](NC(=O)Nc2ccc3c(c2)OCO3)[C@@H](CO)O1)NCc1ccc(F)cc1. The van der Waals surface area contributed by atoms with Crippen LogP contribution in [0.3, 0.4) is 0 Å². The molecule has 4 rings (SSSR count). The molecule has 0 radical (unpaired) electrons. The van der Waals surface area contributed by atoms with Crippen LogP contribution in [0.15, 0.2) is 54.6 Å². The van der Waals surface area contributed by atoms with Gasteiger partial charge in [-0.1, -0.05) is 24.3 Å². The van der Waals surface area contributed by atoms with Gasteiger partial charge in [0.1, 0.15) is 11.9 Å². The molecule has 33 heavy (non-hydrogen) atoms. The fourth-order valence-electron chi connectivity index (χ4n) is 3.49. The first-order valence-electron chi connectivity index (χ1n) is 10.4. The molecule has 4 N–H and O–H groups in total. The van der Waals surface area contributed by atoms with E-state index in [-0.39, 0.29) is 38.1 Å². The van der Waals surface area contributed by atoms with Gasteiger partial charge in [0.05, 0.1) is 25.2 Å². The van der Waals surface area contributed by atoms with Crippen molar-refractivity contribution in [3.05, 3.63) is 66.0 Å². The maximum atomic E-state index is 13.0. The number of halogens is 1. The summed E-state index contributed by atoms with van der Waals surface area (Å²) in [5.74, 6) is 0.561. The van der Waals surface area contributed by atoms with Crippen molar-refractivity contribution in [2.45, 2.75) is 31.2 Å². The molecule has 0 spiro atoms. The molecule has 2 aromatic rings. The van der Waals surface area contributed by atoms with Crippen molar-refractivity contribution in [3.8, 4) is 11.5 Å². The van der Waals surface area contributed by atoms with Crippen molar-refractivity contribution in [3.63, 3.8) is 0 Å². The van der Waals surface area contributed by atoms with E-state index in [2.05, 4.69) is 16.0 Å². The van der Waals surface area contributed by atoms with Gasteiger partial charge in [-0.2, -0.15) is 0 Å². The van der Waals surface area contributed by atoms with E-state index in [9.17, 15) is 19.1 Å². The highest BCUT2D eigenvalue weighted by atomic mass is 19.1. The Morgan fingerprint density at radius 3 is 2.64 bits per heavy atom. The van der Waals surface area contributed by atoms with Crippen molar-refractivity contribution in [2.75, 3.05) is 18.7 Å². The third kappa shape index (κ3) is 5.99. The van der Waals surface area contributed by atoms with E-state index >= 15 is 0 Å². The molecule has 0 fully saturated rings. The Hall–Kier alpha value is -3.63. The maximum Gasteiger partial charge on any atom is 0.319 e. The third-order valence-corrected chi connectivity index (χ3v) is 5.18. The fraction of sp³-hybridized carbons (Fsp3) is 0.304. The van der Waals surface area contributed by atoms with Gasteiger partial charge in [-0.3, -0.25) is 4.79 Å². The molecule has 2 aliphatic rings. The zero-order valence-electron chi connectivity index (χ0n) is 17.6. The largest absolute Gasteiger partial charge is 0.454 e. The molecule has 2 aliphatic heterocycles. The van der Waals surface area contributed by atoms with Crippen LogP contribution < -0.4 is 25.4 Å². The molecule has 9 nitrogen and oxygen atoms in total. The third-order valence-electron chi connectivity index (χ3n) is 5.18. The number of aliphatic hydroxyl groups is 1. The van der Waals surface area contributed by atoms with Crippen molar-refractivity contribution >= 4 is 17.6 Å². The monoisotopic (exact) mass is 457 g/mol. The topological polar surface area (TPSA) is 118 Å². The smallest absolute Gasteiger partial charge is 0.319 e. The lowest BCUT2D eigenvalue weighted by Crippen LogP contribution is -2.50. The van der Waals surface area contributed by atoms with E-state index in [4.69, 9.17) is 14.2 Å². The number of amides is 3. The van der Waals surface area contributed by atoms with Crippen LogP contribution in [0.25, 0.3) is 0 Å². The van der Waals surface area contributed by atoms with E-state index in [0.29, 0.717) is 17.2 Å². The van der Waals surface area contributed by atoms with Crippen LogP contribution >= 0.6 is 0 Å². The number of hydrogen-bond donors (Lipinski definition) is 4. The van der Waals surface area contributed by atoms with Gasteiger partial charge in [0.2, 0.25) is 12.7 Å². The molecule has 0 unspecified atom stereocenters. The molecular formula is C23H24FN3O6. The molecule has 10 heteroatoms. The van der Waals surface area contributed by atoms with Crippen molar-refractivity contribution in [2.24, 2.45) is 0 Å². The summed E-state index contributed by atoms with van der Waals surface area (Å²) in [6.45, 7) is 0.0645. The molecule has 3 atom stereocenters. The molecule has 0 aliphatic carbocycles. The summed E-state index contributed by atoms with van der Waals surface area (Å²) < 4.78 is 29.3. The lowest BCUT2D eigenvalue weighted by Gasteiger charge is -2.31. The summed E-state index contributed by atoms with van der Waals surface area (Å²) in [4.78, 5) is 24.6. The van der Waals surface area contributed by atoms with Crippen LogP contribution in [0.5, 0.6) is 11.5 Å². The number of carbonyl (C=O) groups is 2. The Labute approximate surface area is 189 Å². The van der Waals surface area contributed by atoms with E-state index in [0.717, 1.165) is 5.56 Å². The number of rotatable bonds is 7. The quantitative estimate of drug-likeness (QED) is 0.473. The number of urea groups is 1. The zero-order valence-corrected chi connectivity index (χ0v) is 17.6. The van der Waals surface area contributed by atoms with Gasteiger partial charge in [-0.15, -0.1) is 0 Å². The second-order valence-corrected chi connectivity index (χ2v) is 7.58. The molecular weight excluding hydrogens is 433 g/mol. The highest BCUT2D eigenvalue weighted by Gasteiger charge is 2.29. The fourth-order valence-corrected chi connectivity index (χ4v) is 3.49. The summed E-state index contributed by atoms with van der Waals surface area (Å²) in [6, 6.07) is 9.82. The summed E-state index contributed by atoms with van der Waals surface area (Å²) >= 11 is 0. The predicted octanol–water partition coefficient (Wildman–Crippen LogP) is 2.07. The lowest BCUT2D eigenvalue weighted by molar-refractivity contribution is -0.125. The number of nitrogens with one attached hydrogen (secondary N) is 3. The van der Waals surface area contributed by atoms with Crippen molar-refractivity contribution in [1.29, 1.82) is 0 Å². The van der Waals surface area contributed by atoms with Crippen LogP contribution in [0, 0.1) is 5.82 Å². The number of ether oxygens (including phenoxy) is 3. The first-order valence-corrected chi connectivity index (χ1v) is 10.4. The first-order chi connectivity index (χ1) is 16.0. The minimum Gasteiger partial charge on any atom is -0.454 e. The number of hydrogen-bond acceptors (Lipinski definition) is 6. The van der Waals surface area contributed by atoms with E-state index in [1.807, 2.05) is 0 Å². The highest BCUT2D eigenvalue weighted by molar-refractivity contribution is 5.90. The highest BCUT2D eigenvalue weighted by Crippen LogP contribution is 2.34. The number of aliphatic hydroxyl groups excluding tert-OH is 1. The second-order valence-electron chi connectivity index (χ2n) is 7.58. The molecule has 0 bridgehead atoms. The van der Waals surface area contributed by atoms with Gasteiger partial charge in [-0.05, 0) is 29.8 Å². The lowest BCUT2D eigenvalue weighted by atomic mass is 10.0. The first kappa shape index (κ1) is 22.6. The molecule has 0 aromatic heterocycles. The summed E-state index contributed by atoms with van der Waals surface area (Å²) in [5.41, 5.74) is 1.30. The molecule has 174 valence electrons. The van der Waals surface area contributed by atoms with E-state index in [1.54, 1.807) is 42.5 Å². The normalized spacial score (nSPS) is 20.8. The Kier molecular flexibility index (Phi) is 7.06. The van der Waals surface area contributed by atoms with Crippen LogP contribution in [0.2, 0.25) is 0 Å². The Morgan fingerprint density at radius 1 is 1.06 bits per heavy atom. The van der Waals surface area contributed by atoms with Gasteiger partial charge < -0.3 is 35.3 Å². The van der Waals surface area contributed by atoms with Crippen LogP contribution in [-0.4, -0.2) is 48.7 Å². The maximum absolute atomic E-state index is 13.0. The van der Waals surface area contributed by atoms with Gasteiger partial charge in [0.15, 0.2) is 11.5 Å². The molecule has 3 amide bonds. The van der Waals surface area contributed by atoms with E-state index in [1.165, 1.54) is 12.1 Å². The zero-order chi connectivity index (χ0) is 23.2. The Morgan fingerprint density at radius 2 is 1.85 bits per heavy atom. The van der Waals surface area contributed by atoms with Gasteiger partial charge >= 0.3 is 6.03 Å². The molecule has 2 aromatic carbocycles. The minimum atomic E-state index is -0.715. The predicted molar refractivity (Wildman–Crippen MR) is 116 cm³/mol. The van der Waals surface area contributed by atoms with Crippen molar-refractivity contribution in [1.82, 2.24) is 10.6 Å². The average molecular weight is 457 g/mol. The Bertz CT molecular complexity index is 1030. The number of anilines is 1. The van der Waals surface area contributed by atoms with Crippen LogP contribution in [0.1, 0.15) is 12.0 Å². The molecule has 0 saturated carbocycles.